The van der Waals surface area contributed by atoms with E-state index in [4.69, 9.17) is 5.11 Å². The van der Waals surface area contributed by atoms with Gasteiger partial charge in [-0.1, -0.05) is 36.4 Å². The number of fused-ring (bicyclic) bond motifs is 1. The Morgan fingerprint density at radius 3 is 2.83 bits per heavy atom. The minimum absolute atomic E-state index is 0.646. The summed E-state index contributed by atoms with van der Waals surface area (Å²) in [5, 5.41) is 13.4. The number of hydrogen-bond donors (Lipinski definition) is 2. The largest absolute Gasteiger partial charge is 0.465 e. The number of carboxylic acid groups (broad SMARTS) is 1. The number of benzene rings is 2. The van der Waals surface area contributed by atoms with Gasteiger partial charge in [-0.25, -0.2) is 4.79 Å². The summed E-state index contributed by atoms with van der Waals surface area (Å²) in [7, 11) is 0. The summed E-state index contributed by atoms with van der Waals surface area (Å²) < 4.78 is 0. The maximum absolute atomic E-state index is 10.9. The molecule has 0 fully saturated rings. The van der Waals surface area contributed by atoms with Crippen molar-refractivity contribution in [1.29, 1.82) is 0 Å². The zero-order valence-electron chi connectivity index (χ0n) is 9.72. The SMILES string of the molecule is C=CCSc1ccc2ccccc2c1NC(=O)O. The number of hydrogen-bond acceptors (Lipinski definition) is 2. The van der Waals surface area contributed by atoms with Crippen molar-refractivity contribution >= 4 is 34.3 Å². The minimum atomic E-state index is -1.05. The normalized spacial score (nSPS) is 10.2. The first kappa shape index (κ1) is 12.5. The zero-order valence-corrected chi connectivity index (χ0v) is 10.5. The third-order valence-electron chi connectivity index (χ3n) is 2.48. The molecule has 0 spiro atoms. The molecule has 2 N–H and O–H groups in total. The van der Waals surface area contributed by atoms with E-state index in [9.17, 15) is 4.79 Å². The second-order valence-electron chi connectivity index (χ2n) is 3.69. The van der Waals surface area contributed by atoms with Crippen LogP contribution in [0.2, 0.25) is 0 Å². The fourth-order valence-electron chi connectivity index (χ4n) is 1.76. The van der Waals surface area contributed by atoms with Gasteiger partial charge in [0.15, 0.2) is 0 Å². The topological polar surface area (TPSA) is 49.3 Å². The quantitative estimate of drug-likeness (QED) is 0.638. The fourth-order valence-corrected chi connectivity index (χ4v) is 2.52. The van der Waals surface area contributed by atoms with Crippen molar-refractivity contribution in [1.82, 2.24) is 0 Å². The summed E-state index contributed by atoms with van der Waals surface area (Å²) in [5.74, 6) is 0.743. The van der Waals surface area contributed by atoms with Crippen molar-refractivity contribution in [2.75, 3.05) is 11.1 Å². The molecule has 2 aromatic rings. The predicted octanol–water partition coefficient (Wildman–Crippen LogP) is 4.21. The first-order valence-corrected chi connectivity index (χ1v) is 6.46. The van der Waals surface area contributed by atoms with E-state index in [0.29, 0.717) is 5.69 Å². The van der Waals surface area contributed by atoms with Crippen LogP contribution in [-0.2, 0) is 0 Å². The Kier molecular flexibility index (Phi) is 3.89. The second-order valence-corrected chi connectivity index (χ2v) is 4.75. The Hall–Kier alpha value is -1.94. The van der Waals surface area contributed by atoms with Gasteiger partial charge in [-0.3, -0.25) is 5.32 Å². The molecule has 2 rings (SSSR count). The lowest BCUT2D eigenvalue weighted by Crippen LogP contribution is -2.08. The van der Waals surface area contributed by atoms with Gasteiger partial charge in [-0.05, 0) is 11.5 Å². The molecule has 0 aromatic heterocycles. The number of anilines is 1. The Bertz CT molecular complexity index is 595. The Morgan fingerprint density at radius 1 is 1.33 bits per heavy atom. The van der Waals surface area contributed by atoms with Crippen LogP contribution < -0.4 is 5.32 Å². The number of amides is 1. The van der Waals surface area contributed by atoms with Crippen molar-refractivity contribution in [2.45, 2.75) is 4.90 Å². The van der Waals surface area contributed by atoms with Crippen LogP contribution in [-0.4, -0.2) is 17.0 Å². The highest BCUT2D eigenvalue weighted by atomic mass is 32.2. The van der Waals surface area contributed by atoms with Crippen molar-refractivity contribution in [3.8, 4) is 0 Å². The predicted molar refractivity (Wildman–Crippen MR) is 76.5 cm³/mol. The van der Waals surface area contributed by atoms with E-state index in [0.717, 1.165) is 21.4 Å². The zero-order chi connectivity index (χ0) is 13.0. The van der Waals surface area contributed by atoms with Crippen LogP contribution in [0.15, 0.2) is 53.9 Å². The highest BCUT2D eigenvalue weighted by Crippen LogP contribution is 2.34. The van der Waals surface area contributed by atoms with Gasteiger partial charge in [-0.2, -0.15) is 0 Å². The Balaban J connectivity index is 2.54. The average Bonchev–Trinajstić information content (AvgIpc) is 2.37. The third-order valence-corrected chi connectivity index (χ3v) is 3.53. The molecule has 0 unspecified atom stereocenters. The highest BCUT2D eigenvalue weighted by Gasteiger charge is 2.09. The molecule has 0 aliphatic carbocycles. The van der Waals surface area contributed by atoms with Gasteiger partial charge < -0.3 is 5.11 Å². The first-order valence-electron chi connectivity index (χ1n) is 5.48. The summed E-state index contributed by atoms with van der Waals surface area (Å²) >= 11 is 1.56. The van der Waals surface area contributed by atoms with Crippen LogP contribution in [0.3, 0.4) is 0 Å². The average molecular weight is 259 g/mol. The van der Waals surface area contributed by atoms with Crippen LogP contribution in [0.25, 0.3) is 10.8 Å². The maximum atomic E-state index is 10.9. The molecule has 0 saturated carbocycles. The first-order chi connectivity index (χ1) is 8.72. The van der Waals surface area contributed by atoms with Crippen LogP contribution in [0.4, 0.5) is 10.5 Å². The van der Waals surface area contributed by atoms with Gasteiger partial charge in [0, 0.05) is 16.0 Å². The molecule has 0 saturated heterocycles. The van der Waals surface area contributed by atoms with Crippen LogP contribution >= 0.6 is 11.8 Å². The summed E-state index contributed by atoms with van der Waals surface area (Å²) in [6.07, 6.45) is 0.747. The van der Waals surface area contributed by atoms with E-state index in [1.54, 1.807) is 17.8 Å². The number of nitrogens with one attached hydrogen (secondary N) is 1. The lowest BCUT2D eigenvalue weighted by molar-refractivity contribution is 0.209. The molecular weight excluding hydrogens is 246 g/mol. The molecular formula is C14H13NO2S. The molecule has 2 aromatic carbocycles. The fraction of sp³-hybridized carbons (Fsp3) is 0.0714. The summed E-state index contributed by atoms with van der Waals surface area (Å²) in [4.78, 5) is 11.8. The van der Waals surface area contributed by atoms with Gasteiger partial charge in [-0.15, -0.1) is 18.3 Å². The molecule has 1 amide bonds. The van der Waals surface area contributed by atoms with E-state index in [1.165, 1.54) is 0 Å². The lowest BCUT2D eigenvalue weighted by atomic mass is 10.1. The molecule has 4 heteroatoms. The molecule has 0 aliphatic rings. The van der Waals surface area contributed by atoms with Crippen LogP contribution in [0.1, 0.15) is 0 Å². The van der Waals surface area contributed by atoms with Crippen LogP contribution in [0, 0.1) is 0 Å². The Labute approximate surface area is 110 Å². The van der Waals surface area contributed by atoms with Gasteiger partial charge in [0.25, 0.3) is 0 Å². The van der Waals surface area contributed by atoms with Crippen molar-refractivity contribution in [2.24, 2.45) is 0 Å². The van der Waals surface area contributed by atoms with E-state index >= 15 is 0 Å². The number of carbonyl (C=O) groups is 1. The lowest BCUT2D eigenvalue weighted by Gasteiger charge is -2.11. The summed E-state index contributed by atoms with van der Waals surface area (Å²) in [6, 6.07) is 11.6. The van der Waals surface area contributed by atoms with E-state index < -0.39 is 6.09 Å². The second kappa shape index (κ2) is 5.60. The highest BCUT2D eigenvalue weighted by molar-refractivity contribution is 7.99. The van der Waals surface area contributed by atoms with Gasteiger partial charge >= 0.3 is 6.09 Å². The third kappa shape index (κ3) is 2.65. The number of rotatable bonds is 4. The molecule has 18 heavy (non-hydrogen) atoms. The minimum Gasteiger partial charge on any atom is -0.465 e. The van der Waals surface area contributed by atoms with Crippen LogP contribution in [0.5, 0.6) is 0 Å². The molecule has 3 nitrogen and oxygen atoms in total. The molecule has 0 bridgehead atoms. The summed E-state index contributed by atoms with van der Waals surface area (Å²) in [6.45, 7) is 3.67. The van der Waals surface area contributed by atoms with Gasteiger partial charge in [0.2, 0.25) is 0 Å². The number of thioether (sulfide) groups is 1. The smallest absolute Gasteiger partial charge is 0.409 e. The summed E-state index contributed by atoms with van der Waals surface area (Å²) in [5.41, 5.74) is 0.646. The van der Waals surface area contributed by atoms with E-state index in [2.05, 4.69) is 11.9 Å². The van der Waals surface area contributed by atoms with E-state index in [1.807, 2.05) is 36.4 Å². The monoisotopic (exact) mass is 259 g/mol. The van der Waals surface area contributed by atoms with Crippen molar-refractivity contribution in [3.05, 3.63) is 49.1 Å². The Morgan fingerprint density at radius 2 is 2.11 bits per heavy atom. The standard InChI is InChI=1S/C14H13NO2S/c1-2-9-18-12-8-7-10-5-3-4-6-11(10)13(12)15-14(16)17/h2-8,15H,1,9H2,(H,16,17). The van der Waals surface area contributed by atoms with Crippen molar-refractivity contribution in [3.63, 3.8) is 0 Å². The molecule has 92 valence electrons. The molecule has 0 heterocycles. The van der Waals surface area contributed by atoms with E-state index in [-0.39, 0.29) is 0 Å². The molecule has 0 atom stereocenters. The molecule has 0 aliphatic heterocycles. The van der Waals surface area contributed by atoms with Gasteiger partial charge in [0.1, 0.15) is 0 Å². The van der Waals surface area contributed by atoms with Crippen molar-refractivity contribution < 1.29 is 9.90 Å². The van der Waals surface area contributed by atoms with Gasteiger partial charge in [0.05, 0.1) is 5.69 Å². The molecule has 0 radical (unpaired) electrons. The maximum Gasteiger partial charge on any atom is 0.409 e.